The van der Waals surface area contributed by atoms with E-state index in [0.29, 0.717) is 17.3 Å². The molecule has 1 aromatic rings. The highest BCUT2D eigenvalue weighted by atomic mass is 32.1. The van der Waals surface area contributed by atoms with Gasteiger partial charge in [0.2, 0.25) is 0 Å². The van der Waals surface area contributed by atoms with Crippen LogP contribution in [0.2, 0.25) is 0 Å². The van der Waals surface area contributed by atoms with Crippen molar-refractivity contribution < 1.29 is 15.0 Å². The van der Waals surface area contributed by atoms with Crippen molar-refractivity contribution in [2.45, 2.75) is 45.3 Å². The summed E-state index contributed by atoms with van der Waals surface area (Å²) in [5.74, 6) is -0.309. The van der Waals surface area contributed by atoms with Gasteiger partial charge in [-0.15, -0.1) is 11.3 Å². The molecule has 2 atom stereocenters. The standard InChI is InChI=1S/C14H21NO3S/c1-9-11(6-13(19-9)14(17)18)8-15-7-10-3-2-4-12(16)5-10/h6,10,12,15-16H,2-5,7-8H2,1H3,(H,17,18). The molecule has 0 radical (unpaired) electrons. The van der Waals surface area contributed by atoms with E-state index in [4.69, 9.17) is 5.11 Å². The molecule has 0 aliphatic heterocycles. The zero-order chi connectivity index (χ0) is 13.8. The van der Waals surface area contributed by atoms with Crippen molar-refractivity contribution in [3.63, 3.8) is 0 Å². The van der Waals surface area contributed by atoms with Crippen molar-refractivity contribution in [1.29, 1.82) is 0 Å². The number of hydrogen-bond donors (Lipinski definition) is 3. The van der Waals surface area contributed by atoms with Crippen molar-refractivity contribution in [3.05, 3.63) is 21.4 Å². The maximum Gasteiger partial charge on any atom is 0.345 e. The topological polar surface area (TPSA) is 69.6 Å². The summed E-state index contributed by atoms with van der Waals surface area (Å²) in [4.78, 5) is 12.4. The first-order chi connectivity index (χ1) is 9.06. The van der Waals surface area contributed by atoms with Crippen LogP contribution in [0.15, 0.2) is 6.07 Å². The normalized spacial score (nSPS) is 23.5. The fourth-order valence-corrected chi connectivity index (χ4v) is 3.54. The number of rotatable bonds is 5. The molecule has 0 amide bonds. The van der Waals surface area contributed by atoms with Crippen molar-refractivity contribution >= 4 is 17.3 Å². The summed E-state index contributed by atoms with van der Waals surface area (Å²) in [6, 6.07) is 1.76. The second-order valence-electron chi connectivity index (χ2n) is 5.31. The number of nitrogens with one attached hydrogen (secondary N) is 1. The molecule has 0 spiro atoms. The molecule has 1 aromatic heterocycles. The first-order valence-electron chi connectivity index (χ1n) is 6.77. The summed E-state index contributed by atoms with van der Waals surface area (Å²) in [7, 11) is 0. The molecule has 0 bridgehead atoms. The van der Waals surface area contributed by atoms with Crippen LogP contribution in [0.4, 0.5) is 0 Å². The Kier molecular flexibility index (Phi) is 4.96. The van der Waals surface area contributed by atoms with E-state index in [1.807, 2.05) is 6.92 Å². The third kappa shape index (κ3) is 4.03. The van der Waals surface area contributed by atoms with E-state index in [1.54, 1.807) is 6.07 Å². The maximum atomic E-state index is 10.9. The van der Waals surface area contributed by atoms with Crippen LogP contribution >= 0.6 is 11.3 Å². The Morgan fingerprint density at radius 3 is 2.95 bits per heavy atom. The lowest BCUT2D eigenvalue weighted by atomic mass is 9.87. The monoisotopic (exact) mass is 283 g/mol. The molecule has 4 nitrogen and oxygen atoms in total. The Hall–Kier alpha value is -0.910. The molecule has 1 aliphatic rings. The van der Waals surface area contributed by atoms with Gasteiger partial charge in [0.05, 0.1) is 6.10 Å². The summed E-state index contributed by atoms with van der Waals surface area (Å²) in [6.07, 6.45) is 3.96. The lowest BCUT2D eigenvalue weighted by molar-refractivity contribution is 0.0702. The Balaban J connectivity index is 1.80. The van der Waals surface area contributed by atoms with Gasteiger partial charge in [-0.2, -0.15) is 0 Å². The fraction of sp³-hybridized carbons (Fsp3) is 0.643. The molecule has 1 saturated carbocycles. The van der Waals surface area contributed by atoms with E-state index in [2.05, 4.69) is 5.32 Å². The molecular weight excluding hydrogens is 262 g/mol. The van der Waals surface area contributed by atoms with Gasteiger partial charge >= 0.3 is 5.97 Å². The number of aromatic carboxylic acids is 1. The van der Waals surface area contributed by atoms with E-state index < -0.39 is 5.97 Å². The second-order valence-corrected chi connectivity index (χ2v) is 6.57. The summed E-state index contributed by atoms with van der Waals surface area (Å²) in [6.45, 7) is 3.56. The van der Waals surface area contributed by atoms with E-state index in [0.717, 1.165) is 36.2 Å². The van der Waals surface area contributed by atoms with Crippen LogP contribution in [-0.2, 0) is 6.54 Å². The highest BCUT2D eigenvalue weighted by Gasteiger charge is 2.19. The van der Waals surface area contributed by atoms with Gasteiger partial charge < -0.3 is 15.5 Å². The smallest absolute Gasteiger partial charge is 0.345 e. The third-order valence-corrected chi connectivity index (χ3v) is 4.82. The van der Waals surface area contributed by atoms with Crippen LogP contribution in [0.3, 0.4) is 0 Å². The number of aryl methyl sites for hydroxylation is 1. The third-order valence-electron chi connectivity index (χ3n) is 3.73. The van der Waals surface area contributed by atoms with Gasteiger partial charge in [0, 0.05) is 11.4 Å². The Labute approximate surface area is 117 Å². The summed E-state index contributed by atoms with van der Waals surface area (Å²) in [5.41, 5.74) is 1.07. The number of aliphatic hydroxyl groups excluding tert-OH is 1. The highest BCUT2D eigenvalue weighted by Crippen LogP contribution is 2.24. The minimum atomic E-state index is -0.852. The predicted molar refractivity (Wildman–Crippen MR) is 75.7 cm³/mol. The van der Waals surface area contributed by atoms with Crippen LogP contribution in [-0.4, -0.2) is 28.8 Å². The van der Waals surface area contributed by atoms with Gasteiger partial charge in [-0.1, -0.05) is 6.42 Å². The molecule has 1 aliphatic carbocycles. The number of hydrogen-bond acceptors (Lipinski definition) is 4. The van der Waals surface area contributed by atoms with E-state index in [1.165, 1.54) is 17.8 Å². The molecule has 19 heavy (non-hydrogen) atoms. The number of carbonyl (C=O) groups is 1. The molecule has 1 fully saturated rings. The molecule has 0 aromatic carbocycles. The Bertz CT molecular complexity index is 444. The van der Waals surface area contributed by atoms with Crippen LogP contribution < -0.4 is 5.32 Å². The summed E-state index contributed by atoms with van der Waals surface area (Å²) in [5, 5.41) is 21.9. The average molecular weight is 283 g/mol. The quantitative estimate of drug-likeness (QED) is 0.776. The van der Waals surface area contributed by atoms with Crippen molar-refractivity contribution in [2.75, 3.05) is 6.54 Å². The van der Waals surface area contributed by atoms with Crippen molar-refractivity contribution in [1.82, 2.24) is 5.32 Å². The largest absolute Gasteiger partial charge is 0.477 e. The lowest BCUT2D eigenvalue weighted by Crippen LogP contribution is -2.28. The van der Waals surface area contributed by atoms with Crippen LogP contribution in [0, 0.1) is 12.8 Å². The highest BCUT2D eigenvalue weighted by molar-refractivity contribution is 7.14. The molecule has 5 heteroatoms. The summed E-state index contributed by atoms with van der Waals surface area (Å²) < 4.78 is 0. The molecule has 3 N–H and O–H groups in total. The van der Waals surface area contributed by atoms with Gasteiger partial charge in [-0.05, 0) is 50.3 Å². The van der Waals surface area contributed by atoms with Crippen LogP contribution in [0.25, 0.3) is 0 Å². The molecule has 2 rings (SSSR count). The molecule has 0 saturated heterocycles. The number of aliphatic hydroxyl groups is 1. The molecule has 2 unspecified atom stereocenters. The fourth-order valence-electron chi connectivity index (χ4n) is 2.66. The van der Waals surface area contributed by atoms with Crippen molar-refractivity contribution in [2.24, 2.45) is 5.92 Å². The second kappa shape index (κ2) is 6.50. The number of carboxylic acid groups (broad SMARTS) is 1. The lowest BCUT2D eigenvalue weighted by Gasteiger charge is -2.26. The zero-order valence-electron chi connectivity index (χ0n) is 11.2. The summed E-state index contributed by atoms with van der Waals surface area (Å²) >= 11 is 1.33. The first-order valence-corrected chi connectivity index (χ1v) is 7.59. The van der Waals surface area contributed by atoms with E-state index >= 15 is 0 Å². The minimum absolute atomic E-state index is 0.137. The van der Waals surface area contributed by atoms with Gasteiger partial charge in [0.25, 0.3) is 0 Å². The number of carboxylic acids is 1. The molecule has 106 valence electrons. The van der Waals surface area contributed by atoms with Crippen LogP contribution in [0.5, 0.6) is 0 Å². The minimum Gasteiger partial charge on any atom is -0.477 e. The number of thiophene rings is 1. The zero-order valence-corrected chi connectivity index (χ0v) is 12.0. The first kappa shape index (κ1) is 14.5. The molecule has 1 heterocycles. The SMILES string of the molecule is Cc1sc(C(=O)O)cc1CNCC1CCCC(O)C1. The maximum absolute atomic E-state index is 10.9. The van der Waals surface area contributed by atoms with Gasteiger partial charge in [0.15, 0.2) is 0 Å². The van der Waals surface area contributed by atoms with Gasteiger partial charge in [0.1, 0.15) is 4.88 Å². The van der Waals surface area contributed by atoms with Crippen LogP contribution in [0.1, 0.15) is 45.8 Å². The molecular formula is C14H21NO3S. The van der Waals surface area contributed by atoms with Gasteiger partial charge in [-0.3, -0.25) is 0 Å². The Morgan fingerprint density at radius 2 is 2.32 bits per heavy atom. The van der Waals surface area contributed by atoms with Gasteiger partial charge in [-0.25, -0.2) is 4.79 Å². The van der Waals surface area contributed by atoms with E-state index in [9.17, 15) is 9.90 Å². The average Bonchev–Trinajstić information content (AvgIpc) is 2.71. The Morgan fingerprint density at radius 1 is 1.53 bits per heavy atom. The predicted octanol–water partition coefficient (Wildman–Crippen LogP) is 2.40. The van der Waals surface area contributed by atoms with Crippen molar-refractivity contribution in [3.8, 4) is 0 Å². The van der Waals surface area contributed by atoms with E-state index in [-0.39, 0.29) is 6.10 Å².